The first-order chi connectivity index (χ1) is 9.69. The van der Waals surface area contributed by atoms with Gasteiger partial charge in [0.15, 0.2) is 11.6 Å². The van der Waals surface area contributed by atoms with Crippen LogP contribution in [-0.4, -0.2) is 10.1 Å². The molecule has 0 spiro atoms. The van der Waals surface area contributed by atoms with Crippen LogP contribution in [0, 0.1) is 17.1 Å². The molecule has 0 saturated heterocycles. The Kier molecular flexibility index (Phi) is 2.81. The number of benzene rings is 2. The van der Waals surface area contributed by atoms with E-state index in [0.29, 0.717) is 16.6 Å². The molecule has 0 aliphatic heterocycles. The molecule has 20 heavy (non-hydrogen) atoms. The number of phenolic OH excluding ortho intramolecular Hbond substituents is 1. The molecule has 0 saturated carbocycles. The Morgan fingerprint density at radius 1 is 1.10 bits per heavy atom. The number of pyridine rings is 1. The summed E-state index contributed by atoms with van der Waals surface area (Å²) in [6.07, 6.45) is 0. The highest BCUT2D eigenvalue weighted by Crippen LogP contribution is 2.29. The highest BCUT2D eigenvalue weighted by molar-refractivity contribution is 5.86. The summed E-state index contributed by atoms with van der Waals surface area (Å²) in [6, 6.07) is 15.3. The van der Waals surface area contributed by atoms with Crippen LogP contribution in [0.2, 0.25) is 0 Å². The second-order valence-electron chi connectivity index (χ2n) is 4.36. The van der Waals surface area contributed by atoms with E-state index in [2.05, 4.69) is 4.98 Å². The van der Waals surface area contributed by atoms with Crippen molar-refractivity contribution in [1.82, 2.24) is 4.98 Å². The smallest absolute Gasteiger partial charge is 0.165 e. The maximum atomic E-state index is 13.5. The maximum absolute atomic E-state index is 13.5. The molecule has 1 aromatic heterocycles. The minimum atomic E-state index is -0.723. The van der Waals surface area contributed by atoms with E-state index in [1.165, 1.54) is 12.1 Å². The van der Waals surface area contributed by atoms with Gasteiger partial charge in [0.1, 0.15) is 11.8 Å². The van der Waals surface area contributed by atoms with Crippen molar-refractivity contribution in [3.8, 4) is 22.9 Å². The zero-order valence-electron chi connectivity index (χ0n) is 10.3. The van der Waals surface area contributed by atoms with E-state index in [0.717, 1.165) is 5.39 Å². The summed E-state index contributed by atoms with van der Waals surface area (Å²) < 4.78 is 13.5. The molecule has 3 rings (SSSR count). The van der Waals surface area contributed by atoms with Gasteiger partial charge in [0.2, 0.25) is 0 Å². The first kappa shape index (κ1) is 12.1. The lowest BCUT2D eigenvalue weighted by atomic mass is 10.0. The van der Waals surface area contributed by atoms with Crippen LogP contribution in [0.15, 0.2) is 48.5 Å². The number of halogens is 1. The number of phenols is 1. The van der Waals surface area contributed by atoms with Gasteiger partial charge in [-0.2, -0.15) is 5.26 Å². The van der Waals surface area contributed by atoms with Crippen LogP contribution in [0.5, 0.6) is 5.75 Å². The first-order valence-electron chi connectivity index (χ1n) is 5.98. The number of hydrogen-bond acceptors (Lipinski definition) is 3. The van der Waals surface area contributed by atoms with E-state index in [9.17, 15) is 14.8 Å². The summed E-state index contributed by atoms with van der Waals surface area (Å²) in [5.41, 5.74) is 2.00. The number of aromatic nitrogens is 1. The van der Waals surface area contributed by atoms with Crippen molar-refractivity contribution in [1.29, 1.82) is 5.26 Å². The second kappa shape index (κ2) is 4.63. The molecular formula is C16H9FN2O. The molecule has 1 N–H and O–H groups in total. The number of nitriles is 1. The normalized spacial score (nSPS) is 10.4. The van der Waals surface area contributed by atoms with E-state index in [-0.39, 0.29) is 5.69 Å². The van der Waals surface area contributed by atoms with Gasteiger partial charge in [-0.1, -0.05) is 24.3 Å². The van der Waals surface area contributed by atoms with Gasteiger partial charge >= 0.3 is 0 Å². The van der Waals surface area contributed by atoms with E-state index < -0.39 is 11.6 Å². The van der Waals surface area contributed by atoms with Gasteiger partial charge < -0.3 is 5.11 Å². The van der Waals surface area contributed by atoms with Crippen LogP contribution in [0.1, 0.15) is 5.69 Å². The van der Waals surface area contributed by atoms with Crippen molar-refractivity contribution in [3.63, 3.8) is 0 Å². The van der Waals surface area contributed by atoms with Crippen molar-refractivity contribution in [3.05, 3.63) is 60.0 Å². The van der Waals surface area contributed by atoms with Crippen LogP contribution in [0.4, 0.5) is 4.39 Å². The Morgan fingerprint density at radius 2 is 1.90 bits per heavy atom. The average Bonchev–Trinajstić information content (AvgIpc) is 2.48. The minimum Gasteiger partial charge on any atom is -0.505 e. The Morgan fingerprint density at radius 3 is 2.65 bits per heavy atom. The Bertz CT molecular complexity index is 853. The molecule has 1 heterocycles. The lowest BCUT2D eigenvalue weighted by Gasteiger charge is -2.07. The predicted octanol–water partition coefficient (Wildman–Crippen LogP) is 3.62. The molecule has 96 valence electrons. The average molecular weight is 264 g/mol. The van der Waals surface area contributed by atoms with E-state index >= 15 is 0 Å². The summed E-state index contributed by atoms with van der Waals surface area (Å²) in [7, 11) is 0. The third kappa shape index (κ3) is 1.95. The van der Waals surface area contributed by atoms with Gasteiger partial charge in [0.05, 0.1) is 5.52 Å². The zero-order valence-corrected chi connectivity index (χ0v) is 10.3. The molecule has 0 aliphatic carbocycles. The van der Waals surface area contributed by atoms with Gasteiger partial charge in [-0.05, 0) is 29.8 Å². The van der Waals surface area contributed by atoms with Crippen molar-refractivity contribution < 1.29 is 9.50 Å². The molecule has 0 atom stereocenters. The summed E-state index contributed by atoms with van der Waals surface area (Å²) in [4.78, 5) is 4.28. The number of para-hydroxylation sites is 1. The standard InChI is InChI=1S/C16H9FN2O/c17-13-8-10(5-6-16(13)20)12-7-11-3-1-2-4-14(11)19-15(12)9-18/h1-8,20H. The number of hydrogen-bond donors (Lipinski definition) is 1. The third-order valence-corrected chi connectivity index (χ3v) is 3.09. The van der Waals surface area contributed by atoms with Crippen LogP contribution < -0.4 is 0 Å². The largest absolute Gasteiger partial charge is 0.505 e. The maximum Gasteiger partial charge on any atom is 0.165 e. The van der Waals surface area contributed by atoms with Crippen molar-refractivity contribution in [2.24, 2.45) is 0 Å². The third-order valence-electron chi connectivity index (χ3n) is 3.09. The van der Waals surface area contributed by atoms with Crippen molar-refractivity contribution in [2.45, 2.75) is 0 Å². The molecular weight excluding hydrogens is 255 g/mol. The summed E-state index contributed by atoms with van der Waals surface area (Å²) in [6.45, 7) is 0. The molecule has 0 aliphatic rings. The molecule has 4 heteroatoms. The van der Waals surface area contributed by atoms with Crippen LogP contribution in [0.25, 0.3) is 22.0 Å². The van der Waals surface area contributed by atoms with Gasteiger partial charge in [0, 0.05) is 10.9 Å². The highest BCUT2D eigenvalue weighted by atomic mass is 19.1. The topological polar surface area (TPSA) is 56.9 Å². The Balaban J connectivity index is 2.29. The molecule has 0 amide bonds. The van der Waals surface area contributed by atoms with E-state index in [1.54, 1.807) is 12.1 Å². The Labute approximate surface area is 114 Å². The summed E-state index contributed by atoms with van der Waals surface area (Å²) >= 11 is 0. The van der Waals surface area contributed by atoms with Crippen molar-refractivity contribution in [2.75, 3.05) is 0 Å². The second-order valence-corrected chi connectivity index (χ2v) is 4.36. The van der Waals surface area contributed by atoms with Gasteiger partial charge in [-0.25, -0.2) is 9.37 Å². The van der Waals surface area contributed by atoms with Crippen LogP contribution >= 0.6 is 0 Å². The first-order valence-corrected chi connectivity index (χ1v) is 5.98. The fraction of sp³-hybridized carbons (Fsp3) is 0. The van der Waals surface area contributed by atoms with E-state index in [4.69, 9.17) is 0 Å². The lowest BCUT2D eigenvalue weighted by Crippen LogP contribution is -1.91. The van der Waals surface area contributed by atoms with Crippen molar-refractivity contribution >= 4 is 10.9 Å². The molecule has 0 unspecified atom stereocenters. The predicted molar refractivity (Wildman–Crippen MR) is 73.5 cm³/mol. The zero-order chi connectivity index (χ0) is 14.1. The van der Waals surface area contributed by atoms with Gasteiger partial charge in [-0.3, -0.25) is 0 Å². The molecule has 0 fully saturated rings. The van der Waals surface area contributed by atoms with Gasteiger partial charge in [-0.15, -0.1) is 0 Å². The molecule has 0 radical (unpaired) electrons. The molecule has 0 bridgehead atoms. The lowest BCUT2D eigenvalue weighted by molar-refractivity contribution is 0.432. The number of rotatable bonds is 1. The SMILES string of the molecule is N#Cc1nc2ccccc2cc1-c1ccc(O)c(F)c1. The fourth-order valence-electron chi connectivity index (χ4n) is 2.10. The Hall–Kier alpha value is -2.93. The number of nitrogens with zero attached hydrogens (tertiary/aromatic N) is 2. The number of aromatic hydroxyl groups is 1. The van der Waals surface area contributed by atoms with Gasteiger partial charge in [0.25, 0.3) is 0 Å². The molecule has 3 nitrogen and oxygen atoms in total. The van der Waals surface area contributed by atoms with E-state index in [1.807, 2.05) is 30.3 Å². The van der Waals surface area contributed by atoms with Crippen LogP contribution in [-0.2, 0) is 0 Å². The summed E-state index contributed by atoms with van der Waals surface area (Å²) in [5.74, 6) is -1.14. The monoisotopic (exact) mass is 264 g/mol. The molecule has 2 aromatic carbocycles. The fourth-order valence-corrected chi connectivity index (χ4v) is 2.10. The quantitative estimate of drug-likeness (QED) is 0.730. The summed E-state index contributed by atoms with van der Waals surface area (Å²) in [5, 5.41) is 19.3. The molecule has 3 aromatic rings. The number of fused-ring (bicyclic) bond motifs is 1. The highest BCUT2D eigenvalue weighted by Gasteiger charge is 2.11. The van der Waals surface area contributed by atoms with Crippen LogP contribution in [0.3, 0.4) is 0 Å². The minimum absolute atomic E-state index is 0.230.